The highest BCUT2D eigenvalue weighted by Crippen LogP contribution is 2.32. The van der Waals surface area contributed by atoms with Crippen molar-refractivity contribution in [2.75, 3.05) is 6.54 Å². The Kier molecular flexibility index (Phi) is 5.46. The predicted octanol–water partition coefficient (Wildman–Crippen LogP) is 3.17. The highest BCUT2D eigenvalue weighted by atomic mass is 79.9. The summed E-state index contributed by atoms with van der Waals surface area (Å²) in [6.45, 7) is 4.58. The van der Waals surface area contributed by atoms with Crippen LogP contribution in [0.15, 0.2) is 21.5 Å². The molecular weight excluding hydrogens is 352 g/mol. The molecule has 1 aromatic rings. The summed E-state index contributed by atoms with van der Waals surface area (Å²) >= 11 is 3.45. The molecule has 0 aliphatic heterocycles. The first-order chi connectivity index (χ1) is 9.91. The van der Waals surface area contributed by atoms with Crippen LogP contribution in [0.5, 0.6) is 0 Å². The second-order valence-electron chi connectivity index (χ2n) is 5.55. The molecule has 1 aliphatic carbocycles. The number of nitrogens with zero attached hydrogens (tertiary/aromatic N) is 1. The summed E-state index contributed by atoms with van der Waals surface area (Å²) in [5.41, 5.74) is 7.26. The van der Waals surface area contributed by atoms with E-state index in [9.17, 15) is 8.42 Å². The first-order valence-corrected chi connectivity index (χ1v) is 9.66. The van der Waals surface area contributed by atoms with Crippen LogP contribution in [-0.4, -0.2) is 25.3 Å². The van der Waals surface area contributed by atoms with Gasteiger partial charge in [-0.2, -0.15) is 4.31 Å². The van der Waals surface area contributed by atoms with E-state index in [1.807, 2.05) is 19.9 Å². The van der Waals surface area contributed by atoms with Gasteiger partial charge in [0.05, 0.1) is 4.90 Å². The van der Waals surface area contributed by atoms with E-state index in [2.05, 4.69) is 15.9 Å². The molecule has 0 spiro atoms. The van der Waals surface area contributed by atoms with Crippen LogP contribution in [0.4, 0.5) is 0 Å². The van der Waals surface area contributed by atoms with E-state index in [0.717, 1.165) is 41.3 Å². The summed E-state index contributed by atoms with van der Waals surface area (Å²) in [6, 6.07) is 3.74. The van der Waals surface area contributed by atoms with Gasteiger partial charge in [-0.3, -0.25) is 0 Å². The molecule has 0 bridgehead atoms. The molecule has 0 saturated heterocycles. The van der Waals surface area contributed by atoms with Crippen molar-refractivity contribution in [3.05, 3.63) is 27.7 Å². The van der Waals surface area contributed by atoms with Crippen molar-refractivity contribution in [1.82, 2.24) is 4.31 Å². The SMILES string of the molecule is CCN(C1CCCC1)S(=O)(=O)c1cc(CN)cc(Br)c1C. The first kappa shape index (κ1) is 16.9. The lowest BCUT2D eigenvalue weighted by Crippen LogP contribution is -2.39. The fourth-order valence-electron chi connectivity index (χ4n) is 3.04. The zero-order valence-electron chi connectivity index (χ0n) is 12.6. The fourth-order valence-corrected chi connectivity index (χ4v) is 5.67. The van der Waals surface area contributed by atoms with Crippen molar-refractivity contribution < 1.29 is 8.42 Å². The van der Waals surface area contributed by atoms with E-state index < -0.39 is 10.0 Å². The highest BCUT2D eigenvalue weighted by Gasteiger charge is 2.33. The third kappa shape index (κ3) is 3.33. The Morgan fingerprint density at radius 1 is 1.33 bits per heavy atom. The van der Waals surface area contributed by atoms with Gasteiger partial charge in [0.15, 0.2) is 0 Å². The smallest absolute Gasteiger partial charge is 0.243 e. The van der Waals surface area contributed by atoms with Crippen molar-refractivity contribution in [1.29, 1.82) is 0 Å². The Labute approximate surface area is 135 Å². The third-order valence-electron chi connectivity index (χ3n) is 4.22. The van der Waals surface area contributed by atoms with Crippen molar-refractivity contribution >= 4 is 26.0 Å². The third-order valence-corrected chi connectivity index (χ3v) is 7.20. The lowest BCUT2D eigenvalue weighted by atomic mass is 10.1. The Morgan fingerprint density at radius 2 is 1.95 bits per heavy atom. The van der Waals surface area contributed by atoms with E-state index in [1.165, 1.54) is 0 Å². The summed E-state index contributed by atoms with van der Waals surface area (Å²) in [6.07, 6.45) is 4.15. The van der Waals surface area contributed by atoms with Crippen LogP contribution in [0.1, 0.15) is 43.7 Å². The van der Waals surface area contributed by atoms with Crippen molar-refractivity contribution in [2.45, 2.75) is 57.0 Å². The minimum absolute atomic E-state index is 0.139. The molecule has 0 unspecified atom stereocenters. The van der Waals surface area contributed by atoms with Gasteiger partial charge in [-0.05, 0) is 43.0 Å². The van der Waals surface area contributed by atoms with Crippen LogP contribution in [0.2, 0.25) is 0 Å². The number of nitrogens with two attached hydrogens (primary N) is 1. The molecule has 0 radical (unpaired) electrons. The van der Waals surface area contributed by atoms with E-state index in [4.69, 9.17) is 5.73 Å². The van der Waals surface area contributed by atoms with Crippen molar-refractivity contribution in [3.63, 3.8) is 0 Å². The van der Waals surface area contributed by atoms with Gasteiger partial charge < -0.3 is 5.73 Å². The van der Waals surface area contributed by atoms with E-state index in [-0.39, 0.29) is 6.04 Å². The van der Waals surface area contributed by atoms with Crippen LogP contribution in [0.3, 0.4) is 0 Å². The maximum atomic E-state index is 13.1. The summed E-state index contributed by atoms with van der Waals surface area (Å²) < 4.78 is 28.6. The van der Waals surface area contributed by atoms with Gasteiger partial charge in [0.25, 0.3) is 0 Å². The van der Waals surface area contributed by atoms with E-state index in [1.54, 1.807) is 10.4 Å². The summed E-state index contributed by atoms with van der Waals surface area (Å²) in [5, 5.41) is 0. The summed E-state index contributed by atoms with van der Waals surface area (Å²) in [5.74, 6) is 0. The molecule has 118 valence electrons. The van der Waals surface area contributed by atoms with Gasteiger partial charge in [-0.1, -0.05) is 35.7 Å². The fraction of sp³-hybridized carbons (Fsp3) is 0.600. The first-order valence-electron chi connectivity index (χ1n) is 7.42. The molecule has 1 aliphatic rings. The highest BCUT2D eigenvalue weighted by molar-refractivity contribution is 9.10. The maximum Gasteiger partial charge on any atom is 0.243 e. The standard InChI is InChI=1S/C15H23BrN2O2S/c1-3-18(13-6-4-5-7-13)21(19,20)15-9-12(10-17)8-14(16)11(15)2/h8-9,13H,3-7,10,17H2,1-2H3. The summed E-state index contributed by atoms with van der Waals surface area (Å²) in [7, 11) is -3.47. The normalized spacial score (nSPS) is 16.8. The molecule has 2 rings (SSSR count). The molecule has 0 heterocycles. The average molecular weight is 375 g/mol. The van der Waals surface area contributed by atoms with Crippen molar-refractivity contribution in [3.8, 4) is 0 Å². The minimum atomic E-state index is -3.47. The lowest BCUT2D eigenvalue weighted by Gasteiger charge is -2.28. The molecule has 2 N–H and O–H groups in total. The molecule has 1 saturated carbocycles. The Balaban J connectivity index is 2.49. The molecule has 0 atom stereocenters. The maximum absolute atomic E-state index is 13.1. The monoisotopic (exact) mass is 374 g/mol. The van der Waals surface area contributed by atoms with Crippen LogP contribution < -0.4 is 5.73 Å². The Bertz CT molecular complexity index is 610. The van der Waals surface area contributed by atoms with Crippen LogP contribution in [-0.2, 0) is 16.6 Å². The van der Waals surface area contributed by atoms with Crippen molar-refractivity contribution in [2.24, 2.45) is 5.73 Å². The van der Waals surface area contributed by atoms with Crippen LogP contribution >= 0.6 is 15.9 Å². The minimum Gasteiger partial charge on any atom is -0.326 e. The lowest BCUT2D eigenvalue weighted by molar-refractivity contribution is 0.335. The second-order valence-corrected chi connectivity index (χ2v) is 8.26. The number of benzene rings is 1. The Morgan fingerprint density at radius 3 is 2.48 bits per heavy atom. The van der Waals surface area contributed by atoms with E-state index in [0.29, 0.717) is 18.0 Å². The van der Waals surface area contributed by atoms with Crippen LogP contribution in [0, 0.1) is 6.92 Å². The molecule has 1 aromatic carbocycles. The molecule has 6 heteroatoms. The second kappa shape index (κ2) is 6.77. The van der Waals surface area contributed by atoms with Gasteiger partial charge >= 0.3 is 0 Å². The zero-order valence-corrected chi connectivity index (χ0v) is 15.0. The molecular formula is C15H23BrN2O2S. The molecule has 1 fully saturated rings. The number of hydrogen-bond acceptors (Lipinski definition) is 3. The van der Waals surface area contributed by atoms with Gasteiger partial charge in [0.1, 0.15) is 0 Å². The number of rotatable bonds is 5. The number of sulfonamides is 1. The number of hydrogen-bond donors (Lipinski definition) is 1. The average Bonchev–Trinajstić information content (AvgIpc) is 2.95. The van der Waals surface area contributed by atoms with Gasteiger partial charge in [-0.15, -0.1) is 0 Å². The molecule has 0 aromatic heterocycles. The largest absolute Gasteiger partial charge is 0.326 e. The van der Waals surface area contributed by atoms with Crippen LogP contribution in [0.25, 0.3) is 0 Å². The number of halogens is 1. The zero-order chi connectivity index (χ0) is 15.6. The van der Waals surface area contributed by atoms with Gasteiger partial charge in [0.2, 0.25) is 10.0 Å². The predicted molar refractivity (Wildman–Crippen MR) is 88.6 cm³/mol. The molecule has 21 heavy (non-hydrogen) atoms. The topological polar surface area (TPSA) is 63.4 Å². The van der Waals surface area contributed by atoms with E-state index >= 15 is 0 Å². The van der Waals surface area contributed by atoms with Gasteiger partial charge in [0, 0.05) is 23.6 Å². The molecule has 4 nitrogen and oxygen atoms in total. The Hall–Kier alpha value is -0.430. The molecule has 0 amide bonds. The van der Waals surface area contributed by atoms with Gasteiger partial charge in [-0.25, -0.2) is 8.42 Å². The summed E-state index contributed by atoms with van der Waals surface area (Å²) in [4.78, 5) is 0.381. The quantitative estimate of drug-likeness (QED) is 0.860.